The number of anilines is 1. The minimum atomic E-state index is -3.65. The average molecular weight is 410 g/mol. The van der Waals surface area contributed by atoms with E-state index in [1.54, 1.807) is 18.2 Å². The Hall–Kier alpha value is -0.540. The zero-order valence-corrected chi connectivity index (χ0v) is 16.0. The first-order chi connectivity index (χ1) is 10.8. The van der Waals surface area contributed by atoms with Gasteiger partial charge in [-0.2, -0.15) is 0 Å². The maximum Gasteiger partial charge on any atom is 0.263 e. The fourth-order valence-electron chi connectivity index (χ4n) is 1.89. The van der Waals surface area contributed by atoms with Crippen LogP contribution in [-0.4, -0.2) is 28.7 Å². The standard InChI is InChI=1S/C13H13Cl2N3O2S3/c1-8-3-2-4-10(5-8)23(19,20)18-11-16-17-12(22-11)21-7-9-6-13(9,14)15/h2-5,9H,6-7H2,1H3,(H,16,18). The highest BCUT2D eigenvalue weighted by atomic mass is 35.5. The number of alkyl halides is 2. The SMILES string of the molecule is Cc1cccc(S(=O)(=O)Nc2nnc(SCC3CC3(Cl)Cl)s2)c1. The molecule has 10 heteroatoms. The predicted octanol–water partition coefficient (Wildman–Crippen LogP) is 3.93. The van der Waals surface area contributed by atoms with E-state index in [4.69, 9.17) is 23.2 Å². The number of aromatic nitrogens is 2. The number of thioether (sulfide) groups is 1. The second-order valence-electron chi connectivity index (χ2n) is 5.27. The number of sulfonamides is 1. The summed E-state index contributed by atoms with van der Waals surface area (Å²) in [6, 6.07) is 6.68. The quantitative estimate of drug-likeness (QED) is 0.577. The Morgan fingerprint density at radius 1 is 1.43 bits per heavy atom. The molecule has 1 atom stereocenters. The third-order valence-electron chi connectivity index (χ3n) is 3.29. The van der Waals surface area contributed by atoms with Crippen molar-refractivity contribution in [1.29, 1.82) is 0 Å². The van der Waals surface area contributed by atoms with Crippen molar-refractivity contribution in [3.8, 4) is 0 Å². The van der Waals surface area contributed by atoms with Gasteiger partial charge in [0.05, 0.1) is 4.90 Å². The number of nitrogens with one attached hydrogen (secondary N) is 1. The highest BCUT2D eigenvalue weighted by molar-refractivity contribution is 8.01. The first-order valence-electron chi connectivity index (χ1n) is 6.70. The Kier molecular flexibility index (Phi) is 4.81. The van der Waals surface area contributed by atoms with Crippen molar-refractivity contribution < 1.29 is 8.42 Å². The lowest BCUT2D eigenvalue weighted by Crippen LogP contribution is -2.12. The molecule has 23 heavy (non-hydrogen) atoms. The van der Waals surface area contributed by atoms with Crippen LogP contribution >= 0.6 is 46.3 Å². The maximum atomic E-state index is 12.3. The van der Waals surface area contributed by atoms with Crippen molar-refractivity contribution >= 4 is 61.5 Å². The predicted molar refractivity (Wildman–Crippen MR) is 95.2 cm³/mol. The molecule has 1 fully saturated rings. The molecule has 5 nitrogen and oxygen atoms in total. The molecular weight excluding hydrogens is 397 g/mol. The topological polar surface area (TPSA) is 72.0 Å². The third kappa shape index (κ3) is 4.30. The normalized spacial score (nSPS) is 19.5. The second-order valence-corrected chi connectivity index (χ2v) is 10.7. The van der Waals surface area contributed by atoms with Crippen molar-refractivity contribution in [2.45, 2.75) is 26.9 Å². The number of nitrogens with zero attached hydrogens (tertiary/aromatic N) is 2. The first-order valence-corrected chi connectivity index (χ1v) is 10.7. The average Bonchev–Trinajstić information content (AvgIpc) is 2.87. The van der Waals surface area contributed by atoms with E-state index in [0.29, 0.717) is 4.34 Å². The second kappa shape index (κ2) is 6.40. The van der Waals surface area contributed by atoms with Gasteiger partial charge in [-0.05, 0) is 31.0 Å². The highest BCUT2D eigenvalue weighted by Crippen LogP contribution is 2.55. The highest BCUT2D eigenvalue weighted by Gasteiger charge is 2.51. The molecule has 1 aliphatic carbocycles. The van der Waals surface area contributed by atoms with Gasteiger partial charge in [0.1, 0.15) is 4.33 Å². The van der Waals surface area contributed by atoms with E-state index in [-0.39, 0.29) is 15.9 Å². The number of halogens is 2. The van der Waals surface area contributed by atoms with Crippen LogP contribution in [0.5, 0.6) is 0 Å². The molecule has 1 unspecified atom stereocenters. The molecule has 0 radical (unpaired) electrons. The molecule has 0 amide bonds. The van der Waals surface area contributed by atoms with E-state index in [0.717, 1.165) is 17.7 Å². The van der Waals surface area contributed by atoms with Crippen molar-refractivity contribution in [3.05, 3.63) is 29.8 Å². The summed E-state index contributed by atoms with van der Waals surface area (Å²) in [6.07, 6.45) is 0.773. The molecule has 0 aliphatic heterocycles. The minimum Gasteiger partial charge on any atom is -0.253 e. The van der Waals surface area contributed by atoms with Crippen LogP contribution in [0.15, 0.2) is 33.5 Å². The molecule has 0 spiro atoms. The molecule has 1 aromatic heterocycles. The molecule has 0 saturated heterocycles. The first kappa shape index (κ1) is 17.3. The summed E-state index contributed by atoms with van der Waals surface area (Å²) >= 11 is 14.6. The minimum absolute atomic E-state index is 0.203. The Labute approximate surface area is 152 Å². The van der Waals surface area contributed by atoms with Crippen molar-refractivity contribution in [3.63, 3.8) is 0 Å². The molecule has 1 N–H and O–H groups in total. The number of benzene rings is 1. The van der Waals surface area contributed by atoms with E-state index in [1.807, 2.05) is 13.0 Å². The van der Waals surface area contributed by atoms with Crippen LogP contribution in [-0.2, 0) is 10.0 Å². The van der Waals surface area contributed by atoms with Crippen molar-refractivity contribution in [1.82, 2.24) is 10.2 Å². The van der Waals surface area contributed by atoms with Gasteiger partial charge < -0.3 is 0 Å². The Balaban J connectivity index is 1.64. The maximum absolute atomic E-state index is 12.3. The van der Waals surface area contributed by atoms with Crippen LogP contribution in [0, 0.1) is 12.8 Å². The summed E-state index contributed by atoms with van der Waals surface area (Å²) in [6.45, 7) is 1.84. The summed E-state index contributed by atoms with van der Waals surface area (Å²) in [5.74, 6) is 0.985. The van der Waals surface area contributed by atoms with Crippen LogP contribution in [0.2, 0.25) is 0 Å². The van der Waals surface area contributed by atoms with Crippen molar-refractivity contribution in [2.24, 2.45) is 5.92 Å². The van der Waals surface area contributed by atoms with Crippen LogP contribution in [0.3, 0.4) is 0 Å². The van der Waals surface area contributed by atoms with Crippen molar-refractivity contribution in [2.75, 3.05) is 10.5 Å². The van der Waals surface area contributed by atoms with Gasteiger partial charge in [0, 0.05) is 11.7 Å². The van der Waals surface area contributed by atoms with Gasteiger partial charge in [-0.15, -0.1) is 33.4 Å². The molecule has 1 aliphatic rings. The summed E-state index contributed by atoms with van der Waals surface area (Å²) in [7, 11) is -3.65. The van der Waals surface area contributed by atoms with E-state index in [2.05, 4.69) is 14.9 Å². The lowest BCUT2D eigenvalue weighted by molar-refractivity contribution is 0.601. The van der Waals surface area contributed by atoms with Gasteiger partial charge >= 0.3 is 0 Å². The van der Waals surface area contributed by atoms with Gasteiger partial charge in [0.2, 0.25) is 5.13 Å². The van der Waals surface area contributed by atoms with Crippen LogP contribution in [0.25, 0.3) is 0 Å². The summed E-state index contributed by atoms with van der Waals surface area (Å²) in [5, 5.41) is 8.10. The molecule has 2 aromatic rings. The zero-order chi connectivity index (χ0) is 16.7. The smallest absolute Gasteiger partial charge is 0.253 e. The Morgan fingerprint density at radius 2 is 2.17 bits per heavy atom. The lowest BCUT2D eigenvalue weighted by atomic mass is 10.2. The summed E-state index contributed by atoms with van der Waals surface area (Å²) < 4.78 is 27.1. The molecule has 1 aromatic carbocycles. The fourth-order valence-corrected chi connectivity index (χ4v) is 5.93. The molecule has 1 heterocycles. The Morgan fingerprint density at radius 3 is 2.83 bits per heavy atom. The van der Waals surface area contributed by atoms with Gasteiger partial charge in [0.15, 0.2) is 4.34 Å². The monoisotopic (exact) mass is 409 g/mol. The number of hydrogen-bond acceptors (Lipinski definition) is 6. The number of rotatable bonds is 6. The third-order valence-corrected chi connectivity index (χ3v) is 7.82. The number of hydrogen-bond donors (Lipinski definition) is 1. The lowest BCUT2D eigenvalue weighted by Gasteiger charge is -2.05. The molecule has 0 bridgehead atoms. The molecule has 3 rings (SSSR count). The Bertz CT molecular complexity index is 823. The molecule has 1 saturated carbocycles. The van der Waals surface area contributed by atoms with E-state index in [1.165, 1.54) is 23.1 Å². The van der Waals surface area contributed by atoms with Gasteiger partial charge in [-0.25, -0.2) is 8.42 Å². The van der Waals surface area contributed by atoms with Crippen LogP contribution < -0.4 is 4.72 Å². The molecular formula is C13H13Cl2N3O2S3. The van der Waals surface area contributed by atoms with E-state index in [9.17, 15) is 8.42 Å². The number of aryl methyl sites for hydroxylation is 1. The zero-order valence-electron chi connectivity index (χ0n) is 12.0. The molecule has 124 valence electrons. The van der Waals surface area contributed by atoms with E-state index < -0.39 is 14.4 Å². The van der Waals surface area contributed by atoms with Gasteiger partial charge in [-0.1, -0.05) is 35.2 Å². The van der Waals surface area contributed by atoms with Crippen LogP contribution in [0.1, 0.15) is 12.0 Å². The summed E-state index contributed by atoms with van der Waals surface area (Å²) in [5.41, 5.74) is 0.872. The van der Waals surface area contributed by atoms with Crippen LogP contribution in [0.4, 0.5) is 5.13 Å². The van der Waals surface area contributed by atoms with E-state index >= 15 is 0 Å². The van der Waals surface area contributed by atoms with Gasteiger partial charge in [-0.3, -0.25) is 4.72 Å². The van der Waals surface area contributed by atoms with Gasteiger partial charge in [0.25, 0.3) is 10.0 Å². The fraction of sp³-hybridized carbons (Fsp3) is 0.385. The summed E-state index contributed by atoms with van der Waals surface area (Å²) in [4.78, 5) is 0.203. The largest absolute Gasteiger partial charge is 0.263 e.